The van der Waals surface area contributed by atoms with E-state index < -0.39 is 0 Å². The summed E-state index contributed by atoms with van der Waals surface area (Å²) in [5.41, 5.74) is 2.54. The fourth-order valence-electron chi connectivity index (χ4n) is 2.86. The molecule has 2 aromatic rings. The predicted octanol–water partition coefficient (Wildman–Crippen LogP) is 3.22. The molecule has 0 spiro atoms. The van der Waals surface area contributed by atoms with Gasteiger partial charge >= 0.3 is 0 Å². The van der Waals surface area contributed by atoms with E-state index in [1.54, 1.807) is 0 Å². The number of nitrogens with zero attached hydrogens (tertiary/aromatic N) is 2. The second-order valence-corrected chi connectivity index (χ2v) is 6.04. The molecule has 1 heterocycles. The maximum absolute atomic E-state index is 5.84. The van der Waals surface area contributed by atoms with Crippen LogP contribution in [0.5, 0.6) is 5.75 Å². The van der Waals surface area contributed by atoms with Crippen molar-refractivity contribution >= 4 is 0 Å². The van der Waals surface area contributed by atoms with Crippen molar-refractivity contribution in [2.24, 2.45) is 0 Å². The van der Waals surface area contributed by atoms with Gasteiger partial charge < -0.3 is 9.64 Å². The lowest BCUT2D eigenvalue weighted by molar-refractivity contribution is 0.136. The Hall–Kier alpha value is -1.84. The summed E-state index contributed by atoms with van der Waals surface area (Å²) in [6.07, 6.45) is 0. The van der Waals surface area contributed by atoms with E-state index in [2.05, 4.69) is 53.1 Å². The Morgan fingerprint density at radius 3 is 2.09 bits per heavy atom. The summed E-state index contributed by atoms with van der Waals surface area (Å²) < 4.78 is 5.84. The molecule has 23 heavy (non-hydrogen) atoms. The first-order valence-electron chi connectivity index (χ1n) is 8.33. The van der Waals surface area contributed by atoms with Crippen molar-refractivity contribution in [3.8, 4) is 5.75 Å². The molecule has 3 heteroatoms. The normalized spacial score (nSPS) is 16.4. The molecule has 1 aliphatic heterocycles. The topological polar surface area (TPSA) is 15.7 Å². The minimum atomic E-state index is 0.618. The molecule has 0 saturated carbocycles. The van der Waals surface area contributed by atoms with Crippen molar-refractivity contribution in [3.05, 3.63) is 72.6 Å². The molecule has 0 unspecified atom stereocenters. The Labute approximate surface area is 139 Å². The molecule has 3 rings (SSSR count). The number of rotatable bonds is 6. The van der Waals surface area contributed by atoms with Crippen molar-refractivity contribution < 1.29 is 4.74 Å². The predicted molar refractivity (Wildman–Crippen MR) is 94.3 cm³/mol. The molecule has 0 N–H and O–H groups in total. The van der Waals surface area contributed by atoms with E-state index in [-0.39, 0.29) is 0 Å². The maximum atomic E-state index is 5.84. The average Bonchev–Trinajstić information content (AvgIpc) is 2.63. The minimum absolute atomic E-state index is 0.618. The molecule has 0 bridgehead atoms. The van der Waals surface area contributed by atoms with Crippen molar-refractivity contribution in [1.29, 1.82) is 0 Å². The first kappa shape index (κ1) is 16.0. The third-order valence-corrected chi connectivity index (χ3v) is 4.36. The number of hydrogen-bond donors (Lipinski definition) is 0. The van der Waals surface area contributed by atoms with Gasteiger partial charge in [-0.2, -0.15) is 0 Å². The SMILES string of the molecule is [CH2]CN1CCN(Cc2ccc(OCc3ccccc3)cc2)CC1. The molecule has 121 valence electrons. The second-order valence-electron chi connectivity index (χ2n) is 6.04. The monoisotopic (exact) mass is 309 g/mol. The maximum Gasteiger partial charge on any atom is 0.119 e. The highest BCUT2D eigenvalue weighted by atomic mass is 16.5. The molecule has 3 nitrogen and oxygen atoms in total. The number of hydrogen-bond acceptors (Lipinski definition) is 3. The van der Waals surface area contributed by atoms with Crippen molar-refractivity contribution in [1.82, 2.24) is 9.80 Å². The Morgan fingerprint density at radius 2 is 1.43 bits per heavy atom. The van der Waals surface area contributed by atoms with Crippen LogP contribution >= 0.6 is 0 Å². The minimum Gasteiger partial charge on any atom is -0.489 e. The highest BCUT2D eigenvalue weighted by Crippen LogP contribution is 2.16. The quantitative estimate of drug-likeness (QED) is 0.815. The van der Waals surface area contributed by atoms with Crippen LogP contribution in [0.2, 0.25) is 0 Å². The van der Waals surface area contributed by atoms with Crippen LogP contribution in [0.1, 0.15) is 11.1 Å². The molecule has 0 amide bonds. The van der Waals surface area contributed by atoms with Gasteiger partial charge in [0.1, 0.15) is 12.4 Å². The molecule has 1 aliphatic rings. The smallest absolute Gasteiger partial charge is 0.119 e. The van der Waals surface area contributed by atoms with Crippen molar-refractivity contribution in [2.75, 3.05) is 32.7 Å². The van der Waals surface area contributed by atoms with Gasteiger partial charge in [0.05, 0.1) is 0 Å². The molecule has 1 radical (unpaired) electrons. The molecule has 2 aromatic carbocycles. The van der Waals surface area contributed by atoms with Crippen molar-refractivity contribution in [3.63, 3.8) is 0 Å². The molecule has 1 fully saturated rings. The lowest BCUT2D eigenvalue weighted by Crippen LogP contribution is -2.45. The molecule has 0 atom stereocenters. The van der Waals surface area contributed by atoms with Gasteiger partial charge in [-0.15, -0.1) is 0 Å². The van der Waals surface area contributed by atoms with E-state index >= 15 is 0 Å². The van der Waals surface area contributed by atoms with Gasteiger partial charge in [-0.25, -0.2) is 0 Å². The lowest BCUT2D eigenvalue weighted by atomic mass is 10.2. The van der Waals surface area contributed by atoms with Crippen LogP contribution in [0.3, 0.4) is 0 Å². The molecule has 0 aliphatic carbocycles. The van der Waals surface area contributed by atoms with Gasteiger partial charge in [0.25, 0.3) is 0 Å². The van der Waals surface area contributed by atoms with Crippen LogP contribution in [0, 0.1) is 6.92 Å². The van der Waals surface area contributed by atoms with Gasteiger partial charge in [-0.05, 0) is 36.7 Å². The third-order valence-electron chi connectivity index (χ3n) is 4.36. The van der Waals surface area contributed by atoms with E-state index in [4.69, 9.17) is 4.74 Å². The zero-order valence-corrected chi connectivity index (χ0v) is 13.7. The molecular formula is C20H25N2O. The second kappa shape index (κ2) is 8.14. The van der Waals surface area contributed by atoms with Crippen LogP contribution in [-0.2, 0) is 13.2 Å². The van der Waals surface area contributed by atoms with E-state index in [1.165, 1.54) is 11.1 Å². The number of ether oxygens (including phenoxy) is 1. The third kappa shape index (κ3) is 4.81. The van der Waals surface area contributed by atoms with Gasteiger partial charge in [-0.1, -0.05) is 42.5 Å². The standard InChI is InChI=1S/C20H25N2O/c1-2-21-12-14-22(15-13-21)16-18-8-10-20(11-9-18)23-17-19-6-4-3-5-7-19/h3-11H,1-2,12-17H2. The largest absolute Gasteiger partial charge is 0.489 e. The lowest BCUT2D eigenvalue weighted by Gasteiger charge is -2.34. The van der Waals surface area contributed by atoms with Crippen LogP contribution in [0.15, 0.2) is 54.6 Å². The molecular weight excluding hydrogens is 284 g/mol. The fraction of sp³-hybridized carbons (Fsp3) is 0.350. The summed E-state index contributed by atoms with van der Waals surface area (Å²) in [6.45, 7) is 11.0. The Kier molecular flexibility index (Phi) is 5.67. The summed E-state index contributed by atoms with van der Waals surface area (Å²) in [5.74, 6) is 0.930. The summed E-state index contributed by atoms with van der Waals surface area (Å²) in [7, 11) is 0. The van der Waals surface area contributed by atoms with E-state index in [0.717, 1.165) is 45.0 Å². The summed E-state index contributed by atoms with van der Waals surface area (Å²) >= 11 is 0. The first-order valence-corrected chi connectivity index (χ1v) is 8.33. The van der Waals surface area contributed by atoms with Crippen LogP contribution in [0.25, 0.3) is 0 Å². The zero-order valence-electron chi connectivity index (χ0n) is 13.7. The Bertz CT molecular complexity index is 574. The van der Waals surface area contributed by atoms with Gasteiger partial charge in [0, 0.05) is 32.7 Å². The first-order chi connectivity index (χ1) is 11.3. The summed E-state index contributed by atoms with van der Waals surface area (Å²) in [6, 6.07) is 18.8. The van der Waals surface area contributed by atoms with Crippen LogP contribution in [-0.4, -0.2) is 42.5 Å². The fourth-order valence-corrected chi connectivity index (χ4v) is 2.86. The summed E-state index contributed by atoms with van der Waals surface area (Å²) in [5, 5.41) is 0. The number of benzene rings is 2. The molecule has 0 aromatic heterocycles. The highest BCUT2D eigenvalue weighted by Gasteiger charge is 2.15. The molecule has 1 saturated heterocycles. The zero-order chi connectivity index (χ0) is 15.9. The van der Waals surface area contributed by atoms with Crippen LogP contribution < -0.4 is 4.74 Å². The number of piperazine rings is 1. The van der Waals surface area contributed by atoms with E-state index in [1.807, 2.05) is 18.2 Å². The van der Waals surface area contributed by atoms with Crippen LogP contribution in [0.4, 0.5) is 0 Å². The van der Waals surface area contributed by atoms with Gasteiger partial charge in [0.2, 0.25) is 0 Å². The van der Waals surface area contributed by atoms with E-state index in [9.17, 15) is 0 Å². The van der Waals surface area contributed by atoms with Gasteiger partial charge in [-0.3, -0.25) is 4.90 Å². The van der Waals surface area contributed by atoms with E-state index in [0.29, 0.717) is 6.61 Å². The average molecular weight is 309 g/mol. The Morgan fingerprint density at radius 1 is 0.783 bits per heavy atom. The van der Waals surface area contributed by atoms with Crippen molar-refractivity contribution in [2.45, 2.75) is 13.2 Å². The van der Waals surface area contributed by atoms with Gasteiger partial charge in [0.15, 0.2) is 0 Å². The summed E-state index contributed by atoms with van der Waals surface area (Å²) in [4.78, 5) is 4.91. The highest BCUT2D eigenvalue weighted by molar-refractivity contribution is 5.27. The Balaban J connectivity index is 1.47.